The number of hydrogen-bond donors (Lipinski definition) is 1. The lowest BCUT2D eigenvalue weighted by molar-refractivity contribution is 0.288. The summed E-state index contributed by atoms with van der Waals surface area (Å²) in [4.78, 5) is 12.1. The molecule has 33 heavy (non-hydrogen) atoms. The number of nitrogens with two attached hydrogens (primary N) is 1. The van der Waals surface area contributed by atoms with E-state index in [-0.39, 0.29) is 12.2 Å². The summed E-state index contributed by atoms with van der Waals surface area (Å²) in [5.74, 6) is 8.08. The Morgan fingerprint density at radius 2 is 1.82 bits per heavy atom. The van der Waals surface area contributed by atoms with Gasteiger partial charge >= 0.3 is 5.63 Å². The summed E-state index contributed by atoms with van der Waals surface area (Å²) in [6.45, 7) is 4.21. The molecule has 2 heterocycles. The highest BCUT2D eigenvalue weighted by atomic mass is 32.2. The second-order valence-corrected chi connectivity index (χ2v) is 8.76. The van der Waals surface area contributed by atoms with Crippen LogP contribution in [0.15, 0.2) is 75.0 Å². The molecule has 7 nitrogen and oxygen atoms in total. The first kappa shape index (κ1) is 21.1. The maximum Gasteiger partial charge on any atom is 0.336 e. The number of nitrogen functional groups attached to an aromatic ring is 1. The molecule has 0 spiro atoms. The van der Waals surface area contributed by atoms with Gasteiger partial charge in [-0.2, -0.15) is 0 Å². The van der Waals surface area contributed by atoms with E-state index >= 15 is 0 Å². The second-order valence-electron chi connectivity index (χ2n) is 7.82. The minimum absolute atomic E-state index is 0.207. The van der Waals surface area contributed by atoms with E-state index in [1.165, 1.54) is 22.5 Å². The molecule has 0 atom stereocenters. The Kier molecular flexibility index (Phi) is 5.51. The van der Waals surface area contributed by atoms with Crippen LogP contribution in [0.1, 0.15) is 22.5 Å². The number of nitrogens with zero attached hydrogens (tertiary/aromatic N) is 3. The summed E-state index contributed by atoms with van der Waals surface area (Å²) >= 11 is 1.41. The number of aromatic nitrogens is 3. The fraction of sp³-hybridized carbons (Fsp3) is 0.160. The van der Waals surface area contributed by atoms with E-state index in [4.69, 9.17) is 15.0 Å². The lowest BCUT2D eigenvalue weighted by Gasteiger charge is -2.11. The lowest BCUT2D eigenvalue weighted by Crippen LogP contribution is -2.16. The van der Waals surface area contributed by atoms with E-state index in [0.717, 1.165) is 38.6 Å². The SMILES string of the molecule is Cc1cccc(C)c1OCc1nnc(SCc2cc(=O)oc3ccc4ccccc4c23)n1N. The van der Waals surface area contributed by atoms with Crippen LogP contribution in [0.5, 0.6) is 5.75 Å². The smallest absolute Gasteiger partial charge is 0.336 e. The number of para-hydroxylation sites is 1. The molecule has 0 bridgehead atoms. The van der Waals surface area contributed by atoms with Gasteiger partial charge in [-0.1, -0.05) is 60.3 Å². The highest BCUT2D eigenvalue weighted by molar-refractivity contribution is 7.98. The van der Waals surface area contributed by atoms with Gasteiger partial charge in [0.1, 0.15) is 17.9 Å². The van der Waals surface area contributed by atoms with Crippen LogP contribution in [0.3, 0.4) is 0 Å². The molecule has 0 aliphatic carbocycles. The van der Waals surface area contributed by atoms with Crippen LogP contribution in [-0.2, 0) is 12.4 Å². The fourth-order valence-electron chi connectivity index (χ4n) is 3.94. The molecule has 3 aromatic carbocycles. The first-order chi connectivity index (χ1) is 16.0. The topological polar surface area (TPSA) is 96.2 Å². The van der Waals surface area contributed by atoms with E-state index < -0.39 is 0 Å². The summed E-state index contributed by atoms with van der Waals surface area (Å²) in [6, 6.07) is 19.3. The van der Waals surface area contributed by atoms with Crippen LogP contribution in [0.25, 0.3) is 21.7 Å². The van der Waals surface area contributed by atoms with E-state index in [0.29, 0.717) is 22.3 Å². The van der Waals surface area contributed by atoms with Crippen molar-refractivity contribution in [2.24, 2.45) is 0 Å². The number of aryl methyl sites for hydroxylation is 2. The average Bonchev–Trinajstić information content (AvgIpc) is 3.16. The largest absolute Gasteiger partial charge is 0.485 e. The zero-order valence-electron chi connectivity index (χ0n) is 18.2. The standard InChI is InChI=1S/C25H22N4O3S/c1-15-6-5-7-16(2)24(15)31-13-21-27-28-25(29(21)26)33-14-18-12-22(30)32-20-11-10-17-8-3-4-9-19(17)23(18)20/h3-12H,13-14,26H2,1-2H3. The molecule has 0 unspecified atom stereocenters. The summed E-state index contributed by atoms with van der Waals surface area (Å²) in [5.41, 5.74) is 3.14. The molecule has 0 aliphatic heterocycles. The first-order valence-electron chi connectivity index (χ1n) is 10.5. The van der Waals surface area contributed by atoms with Crippen molar-refractivity contribution in [1.29, 1.82) is 0 Å². The number of fused-ring (bicyclic) bond motifs is 3. The minimum Gasteiger partial charge on any atom is -0.485 e. The Bertz CT molecular complexity index is 1520. The molecule has 2 N–H and O–H groups in total. The Balaban J connectivity index is 1.40. The van der Waals surface area contributed by atoms with Gasteiger partial charge < -0.3 is 15.0 Å². The second kappa shape index (κ2) is 8.63. The number of thioether (sulfide) groups is 1. The number of rotatable bonds is 6. The Morgan fingerprint density at radius 3 is 2.64 bits per heavy atom. The number of ether oxygens (including phenoxy) is 1. The van der Waals surface area contributed by atoms with Gasteiger partial charge in [0.15, 0.2) is 5.82 Å². The maximum absolute atomic E-state index is 12.1. The zero-order chi connectivity index (χ0) is 22.9. The third-order valence-electron chi connectivity index (χ3n) is 5.56. The summed E-state index contributed by atoms with van der Waals surface area (Å²) in [5, 5.41) is 12.0. The molecular weight excluding hydrogens is 436 g/mol. The molecule has 0 fully saturated rings. The van der Waals surface area contributed by atoms with E-state index in [2.05, 4.69) is 10.2 Å². The van der Waals surface area contributed by atoms with Gasteiger partial charge in [0, 0.05) is 17.2 Å². The number of benzene rings is 3. The summed E-state index contributed by atoms with van der Waals surface area (Å²) in [6.07, 6.45) is 0. The molecular formula is C25H22N4O3S. The molecule has 0 amide bonds. The van der Waals surface area contributed by atoms with Crippen molar-refractivity contribution in [1.82, 2.24) is 14.9 Å². The van der Waals surface area contributed by atoms with Crippen LogP contribution in [0.2, 0.25) is 0 Å². The zero-order valence-corrected chi connectivity index (χ0v) is 19.1. The highest BCUT2D eigenvalue weighted by Crippen LogP contribution is 2.31. The lowest BCUT2D eigenvalue weighted by atomic mass is 10.0. The third-order valence-corrected chi connectivity index (χ3v) is 6.55. The van der Waals surface area contributed by atoms with Crippen LogP contribution in [0, 0.1) is 13.8 Å². The Labute approximate surface area is 194 Å². The minimum atomic E-state index is -0.384. The monoisotopic (exact) mass is 458 g/mol. The normalized spacial score (nSPS) is 11.3. The molecule has 5 aromatic rings. The summed E-state index contributed by atoms with van der Waals surface area (Å²) < 4.78 is 12.8. The molecule has 166 valence electrons. The molecule has 0 saturated carbocycles. The van der Waals surface area contributed by atoms with Crippen LogP contribution < -0.4 is 16.2 Å². The molecule has 0 saturated heterocycles. The molecule has 8 heteroatoms. The third kappa shape index (κ3) is 4.05. The number of hydrogen-bond acceptors (Lipinski definition) is 7. The van der Waals surface area contributed by atoms with Crippen LogP contribution >= 0.6 is 11.8 Å². The quantitative estimate of drug-likeness (QED) is 0.170. The van der Waals surface area contributed by atoms with Crippen molar-refractivity contribution in [2.75, 3.05) is 5.84 Å². The maximum atomic E-state index is 12.1. The van der Waals surface area contributed by atoms with Gasteiger partial charge in [0.2, 0.25) is 5.16 Å². The average molecular weight is 459 g/mol. The van der Waals surface area contributed by atoms with Gasteiger partial charge in [-0.25, -0.2) is 9.47 Å². The first-order valence-corrected chi connectivity index (χ1v) is 11.5. The van der Waals surface area contributed by atoms with Gasteiger partial charge in [-0.3, -0.25) is 0 Å². The van der Waals surface area contributed by atoms with Crippen molar-refractivity contribution in [2.45, 2.75) is 31.4 Å². The van der Waals surface area contributed by atoms with Gasteiger partial charge in [-0.05, 0) is 47.4 Å². The van der Waals surface area contributed by atoms with Gasteiger partial charge in [0.25, 0.3) is 0 Å². The van der Waals surface area contributed by atoms with Crippen LogP contribution in [-0.4, -0.2) is 14.9 Å². The predicted octanol–water partition coefficient (Wildman–Crippen LogP) is 4.74. The Morgan fingerprint density at radius 1 is 1.03 bits per heavy atom. The van der Waals surface area contributed by atoms with Crippen molar-refractivity contribution in [3.05, 3.63) is 93.6 Å². The highest BCUT2D eigenvalue weighted by Gasteiger charge is 2.15. The fourth-order valence-corrected chi connectivity index (χ4v) is 4.80. The van der Waals surface area contributed by atoms with E-state index in [1.807, 2.05) is 68.4 Å². The predicted molar refractivity (Wildman–Crippen MR) is 130 cm³/mol. The van der Waals surface area contributed by atoms with Crippen molar-refractivity contribution in [3.8, 4) is 5.75 Å². The Hall–Kier alpha value is -3.78. The molecule has 5 rings (SSSR count). The van der Waals surface area contributed by atoms with Crippen molar-refractivity contribution in [3.63, 3.8) is 0 Å². The molecule has 2 aromatic heterocycles. The van der Waals surface area contributed by atoms with Crippen molar-refractivity contribution < 1.29 is 9.15 Å². The van der Waals surface area contributed by atoms with E-state index in [9.17, 15) is 4.79 Å². The summed E-state index contributed by atoms with van der Waals surface area (Å²) in [7, 11) is 0. The van der Waals surface area contributed by atoms with Gasteiger partial charge in [0.05, 0.1) is 0 Å². The van der Waals surface area contributed by atoms with Gasteiger partial charge in [-0.15, -0.1) is 10.2 Å². The van der Waals surface area contributed by atoms with Crippen molar-refractivity contribution >= 4 is 33.5 Å². The van der Waals surface area contributed by atoms with E-state index in [1.54, 1.807) is 0 Å². The molecule has 0 radical (unpaired) electrons. The molecule has 0 aliphatic rings. The van der Waals surface area contributed by atoms with Crippen LogP contribution in [0.4, 0.5) is 0 Å².